The number of amides is 1. The molecule has 1 rings (SSSR count). The molecule has 0 atom stereocenters. The summed E-state index contributed by atoms with van der Waals surface area (Å²) in [5, 5.41) is 0. The van der Waals surface area contributed by atoms with Crippen molar-refractivity contribution >= 4 is 5.91 Å². The summed E-state index contributed by atoms with van der Waals surface area (Å²) >= 11 is 0. The van der Waals surface area contributed by atoms with Gasteiger partial charge in [0.15, 0.2) is 0 Å². The highest BCUT2D eigenvalue weighted by atomic mass is 16.2. The Morgan fingerprint density at radius 1 is 1.44 bits per heavy atom. The first-order valence-electron chi connectivity index (χ1n) is 5.64. The number of hydrogen-bond donors (Lipinski definition) is 1. The summed E-state index contributed by atoms with van der Waals surface area (Å²) in [5.74, 6) is 0.171. The molecule has 0 bridgehead atoms. The van der Waals surface area contributed by atoms with E-state index in [4.69, 9.17) is 5.73 Å². The van der Waals surface area contributed by atoms with Gasteiger partial charge in [0.25, 0.3) is 0 Å². The van der Waals surface area contributed by atoms with Gasteiger partial charge in [-0.2, -0.15) is 0 Å². The second-order valence-electron chi connectivity index (χ2n) is 3.66. The highest BCUT2D eigenvalue weighted by molar-refractivity contribution is 5.76. The van der Waals surface area contributed by atoms with E-state index in [9.17, 15) is 4.79 Å². The van der Waals surface area contributed by atoms with Gasteiger partial charge in [-0.3, -0.25) is 9.78 Å². The fourth-order valence-electron chi connectivity index (χ4n) is 1.50. The lowest BCUT2D eigenvalue weighted by Crippen LogP contribution is -2.30. The number of carbonyl (C=O) groups excluding carboxylic acids is 1. The van der Waals surface area contributed by atoms with Gasteiger partial charge >= 0.3 is 0 Å². The number of nitrogens with two attached hydrogens (primary N) is 1. The van der Waals surface area contributed by atoms with Gasteiger partial charge in [0.1, 0.15) is 0 Å². The smallest absolute Gasteiger partial charge is 0.222 e. The number of aromatic nitrogens is 1. The van der Waals surface area contributed by atoms with Crippen molar-refractivity contribution in [3.8, 4) is 0 Å². The molecule has 0 aliphatic carbocycles. The molecule has 0 saturated carbocycles. The van der Waals surface area contributed by atoms with E-state index in [1.807, 2.05) is 24.0 Å². The Morgan fingerprint density at radius 3 is 2.69 bits per heavy atom. The number of carbonyl (C=O) groups is 1. The first-order chi connectivity index (χ1) is 7.77. The molecule has 0 spiro atoms. The van der Waals surface area contributed by atoms with E-state index in [0.717, 1.165) is 18.5 Å². The van der Waals surface area contributed by atoms with E-state index in [0.29, 0.717) is 19.5 Å². The van der Waals surface area contributed by atoms with Crippen molar-refractivity contribution in [2.75, 3.05) is 13.1 Å². The predicted molar refractivity (Wildman–Crippen MR) is 63.6 cm³/mol. The monoisotopic (exact) mass is 221 g/mol. The summed E-state index contributed by atoms with van der Waals surface area (Å²) in [6, 6.07) is 3.86. The Morgan fingerprint density at radius 2 is 2.12 bits per heavy atom. The third kappa shape index (κ3) is 3.98. The normalized spacial score (nSPS) is 10.1. The van der Waals surface area contributed by atoms with Crippen LogP contribution >= 0.6 is 0 Å². The molecule has 4 nitrogen and oxygen atoms in total. The van der Waals surface area contributed by atoms with Crippen LogP contribution in [-0.4, -0.2) is 28.9 Å². The SMILES string of the molecule is CCN(Cc1ccncc1)C(=O)CCCN. The van der Waals surface area contributed by atoms with Gasteiger partial charge in [-0.25, -0.2) is 0 Å². The summed E-state index contributed by atoms with van der Waals surface area (Å²) in [7, 11) is 0. The van der Waals surface area contributed by atoms with Gasteiger partial charge in [0.2, 0.25) is 5.91 Å². The van der Waals surface area contributed by atoms with Crippen LogP contribution in [-0.2, 0) is 11.3 Å². The van der Waals surface area contributed by atoms with Gasteiger partial charge in [-0.05, 0) is 37.6 Å². The maximum atomic E-state index is 11.8. The Balaban J connectivity index is 2.52. The highest BCUT2D eigenvalue weighted by Crippen LogP contribution is 2.05. The topological polar surface area (TPSA) is 59.2 Å². The average molecular weight is 221 g/mol. The van der Waals surface area contributed by atoms with Crippen LogP contribution in [0, 0.1) is 0 Å². The molecular formula is C12H19N3O. The van der Waals surface area contributed by atoms with Gasteiger partial charge in [0.05, 0.1) is 0 Å². The zero-order chi connectivity index (χ0) is 11.8. The fraction of sp³-hybridized carbons (Fsp3) is 0.500. The van der Waals surface area contributed by atoms with E-state index in [1.165, 1.54) is 0 Å². The molecule has 0 unspecified atom stereocenters. The molecule has 0 aliphatic heterocycles. The zero-order valence-corrected chi connectivity index (χ0v) is 9.72. The Bertz CT molecular complexity index is 313. The molecule has 0 radical (unpaired) electrons. The van der Waals surface area contributed by atoms with E-state index in [1.54, 1.807) is 12.4 Å². The van der Waals surface area contributed by atoms with Crippen LogP contribution in [0.15, 0.2) is 24.5 Å². The molecule has 0 aromatic carbocycles. The molecule has 1 amide bonds. The lowest BCUT2D eigenvalue weighted by molar-refractivity contribution is -0.131. The van der Waals surface area contributed by atoms with Crippen molar-refractivity contribution in [1.29, 1.82) is 0 Å². The van der Waals surface area contributed by atoms with Gasteiger partial charge in [-0.15, -0.1) is 0 Å². The quantitative estimate of drug-likeness (QED) is 0.784. The molecule has 0 aliphatic rings. The Labute approximate surface area is 96.5 Å². The molecule has 16 heavy (non-hydrogen) atoms. The largest absolute Gasteiger partial charge is 0.339 e. The molecule has 0 fully saturated rings. The van der Waals surface area contributed by atoms with Crippen LogP contribution in [0.5, 0.6) is 0 Å². The second kappa shape index (κ2) is 6.95. The van der Waals surface area contributed by atoms with Crippen LogP contribution < -0.4 is 5.73 Å². The van der Waals surface area contributed by atoms with Crippen LogP contribution in [0.25, 0.3) is 0 Å². The van der Waals surface area contributed by atoms with Crippen LogP contribution in [0.3, 0.4) is 0 Å². The first kappa shape index (κ1) is 12.6. The molecule has 2 N–H and O–H groups in total. The number of nitrogens with zero attached hydrogens (tertiary/aromatic N) is 2. The van der Waals surface area contributed by atoms with Gasteiger partial charge in [-0.1, -0.05) is 0 Å². The zero-order valence-electron chi connectivity index (χ0n) is 9.72. The summed E-state index contributed by atoms with van der Waals surface area (Å²) in [4.78, 5) is 17.6. The van der Waals surface area contributed by atoms with E-state index in [-0.39, 0.29) is 5.91 Å². The second-order valence-corrected chi connectivity index (χ2v) is 3.66. The van der Waals surface area contributed by atoms with Crippen molar-refractivity contribution in [3.63, 3.8) is 0 Å². The third-order valence-corrected chi connectivity index (χ3v) is 2.45. The fourth-order valence-corrected chi connectivity index (χ4v) is 1.50. The van der Waals surface area contributed by atoms with Crippen molar-refractivity contribution in [2.24, 2.45) is 5.73 Å². The maximum Gasteiger partial charge on any atom is 0.222 e. The minimum absolute atomic E-state index is 0.171. The summed E-state index contributed by atoms with van der Waals surface area (Å²) < 4.78 is 0. The number of rotatable bonds is 6. The Kier molecular flexibility index (Phi) is 5.50. The third-order valence-electron chi connectivity index (χ3n) is 2.45. The van der Waals surface area contributed by atoms with Gasteiger partial charge < -0.3 is 10.6 Å². The standard InChI is InChI=1S/C12H19N3O/c1-2-15(12(16)4-3-7-13)10-11-5-8-14-9-6-11/h5-6,8-9H,2-4,7,10,13H2,1H3. The lowest BCUT2D eigenvalue weighted by atomic mass is 10.2. The molecule has 1 aromatic heterocycles. The number of pyridine rings is 1. The lowest BCUT2D eigenvalue weighted by Gasteiger charge is -2.20. The highest BCUT2D eigenvalue weighted by Gasteiger charge is 2.10. The van der Waals surface area contributed by atoms with Crippen LogP contribution in [0.2, 0.25) is 0 Å². The van der Waals surface area contributed by atoms with Crippen LogP contribution in [0.4, 0.5) is 0 Å². The molecular weight excluding hydrogens is 202 g/mol. The molecule has 0 saturated heterocycles. The first-order valence-corrected chi connectivity index (χ1v) is 5.64. The van der Waals surface area contributed by atoms with Gasteiger partial charge in [0, 0.05) is 31.9 Å². The molecule has 88 valence electrons. The van der Waals surface area contributed by atoms with E-state index < -0.39 is 0 Å². The Hall–Kier alpha value is -1.42. The van der Waals surface area contributed by atoms with Crippen molar-refractivity contribution < 1.29 is 4.79 Å². The minimum Gasteiger partial charge on any atom is -0.339 e. The molecule has 1 aromatic rings. The minimum atomic E-state index is 0.171. The summed E-state index contributed by atoms with van der Waals surface area (Å²) in [6.45, 7) is 3.94. The van der Waals surface area contributed by atoms with Crippen molar-refractivity contribution in [2.45, 2.75) is 26.3 Å². The van der Waals surface area contributed by atoms with Crippen LogP contribution in [0.1, 0.15) is 25.3 Å². The molecule has 1 heterocycles. The van der Waals surface area contributed by atoms with E-state index >= 15 is 0 Å². The van der Waals surface area contributed by atoms with E-state index in [2.05, 4.69) is 4.98 Å². The van der Waals surface area contributed by atoms with Crippen molar-refractivity contribution in [1.82, 2.24) is 9.88 Å². The van der Waals surface area contributed by atoms with Crippen molar-refractivity contribution in [3.05, 3.63) is 30.1 Å². The predicted octanol–water partition coefficient (Wildman–Crippen LogP) is 1.17. The maximum absolute atomic E-state index is 11.8. The summed E-state index contributed by atoms with van der Waals surface area (Å²) in [6.07, 6.45) is 4.78. The molecule has 4 heteroatoms. The average Bonchev–Trinajstić information content (AvgIpc) is 2.34. The number of hydrogen-bond acceptors (Lipinski definition) is 3. The summed E-state index contributed by atoms with van der Waals surface area (Å²) in [5.41, 5.74) is 6.50.